The SMILES string of the molecule is CN1CCCC1.Cc1ccc(C2C(C(=O)O)NC(c3ccc(Cl)cc3)C2C(=O)c2ccccc2)cc1. The number of benzene rings is 3. The first-order chi connectivity index (χ1) is 17.3. The fourth-order valence-electron chi connectivity index (χ4n) is 5.19. The highest BCUT2D eigenvalue weighted by Crippen LogP contribution is 2.45. The summed E-state index contributed by atoms with van der Waals surface area (Å²) in [5.41, 5.74) is 3.34. The van der Waals surface area contributed by atoms with Crippen molar-refractivity contribution in [1.29, 1.82) is 0 Å². The van der Waals surface area contributed by atoms with Gasteiger partial charge in [0.15, 0.2) is 5.78 Å². The number of carboxylic acid groups (broad SMARTS) is 1. The molecule has 0 radical (unpaired) electrons. The Hall–Kier alpha value is -2.99. The first-order valence-corrected chi connectivity index (χ1v) is 12.8. The van der Waals surface area contributed by atoms with Gasteiger partial charge >= 0.3 is 5.97 Å². The van der Waals surface area contributed by atoms with Crippen LogP contribution in [-0.2, 0) is 4.79 Å². The van der Waals surface area contributed by atoms with Gasteiger partial charge in [0.1, 0.15) is 6.04 Å². The van der Waals surface area contributed by atoms with Crippen molar-refractivity contribution in [2.45, 2.75) is 37.8 Å². The first kappa shape index (κ1) is 26.1. The number of carbonyl (C=O) groups is 2. The van der Waals surface area contributed by atoms with Crippen molar-refractivity contribution >= 4 is 23.4 Å². The van der Waals surface area contributed by atoms with Crippen molar-refractivity contribution in [3.63, 3.8) is 0 Å². The summed E-state index contributed by atoms with van der Waals surface area (Å²) in [5.74, 6) is -2.12. The lowest BCUT2D eigenvalue weighted by Gasteiger charge is -2.24. The highest BCUT2D eigenvalue weighted by Gasteiger charge is 2.50. The fraction of sp³-hybridized carbons (Fsp3) is 0.333. The van der Waals surface area contributed by atoms with E-state index in [4.69, 9.17) is 11.6 Å². The molecular formula is C30H33ClN2O3. The number of carbonyl (C=O) groups excluding carboxylic acids is 1. The smallest absolute Gasteiger partial charge is 0.321 e. The molecule has 3 aromatic carbocycles. The monoisotopic (exact) mass is 504 g/mol. The number of aliphatic carboxylic acids is 1. The summed E-state index contributed by atoms with van der Waals surface area (Å²) in [6.07, 6.45) is 2.83. The van der Waals surface area contributed by atoms with Gasteiger partial charge in [0.2, 0.25) is 0 Å². The average Bonchev–Trinajstić information content (AvgIpc) is 3.53. The second-order valence-electron chi connectivity index (χ2n) is 9.71. The Kier molecular flexibility index (Phi) is 8.57. The maximum atomic E-state index is 13.7. The van der Waals surface area contributed by atoms with Crippen LogP contribution in [0, 0.1) is 12.8 Å². The molecule has 0 spiro atoms. The van der Waals surface area contributed by atoms with E-state index in [1.807, 2.05) is 61.5 Å². The van der Waals surface area contributed by atoms with E-state index in [1.54, 1.807) is 24.3 Å². The van der Waals surface area contributed by atoms with Crippen LogP contribution in [0.3, 0.4) is 0 Å². The lowest BCUT2D eigenvalue weighted by atomic mass is 9.76. The second kappa shape index (κ2) is 11.8. The third kappa shape index (κ3) is 6.04. The molecule has 2 fully saturated rings. The van der Waals surface area contributed by atoms with Crippen molar-refractivity contribution in [2.24, 2.45) is 5.92 Å². The number of rotatable bonds is 5. The van der Waals surface area contributed by atoms with Crippen LogP contribution in [-0.4, -0.2) is 47.9 Å². The summed E-state index contributed by atoms with van der Waals surface area (Å²) >= 11 is 6.05. The molecule has 5 rings (SSSR count). The van der Waals surface area contributed by atoms with Crippen molar-refractivity contribution in [2.75, 3.05) is 20.1 Å². The first-order valence-electron chi connectivity index (χ1n) is 12.4. The molecule has 3 aromatic rings. The zero-order chi connectivity index (χ0) is 25.7. The maximum Gasteiger partial charge on any atom is 0.321 e. The van der Waals surface area contributed by atoms with Gasteiger partial charge in [-0.2, -0.15) is 0 Å². The lowest BCUT2D eigenvalue weighted by Crippen LogP contribution is -2.35. The molecule has 4 atom stereocenters. The minimum Gasteiger partial charge on any atom is -0.480 e. The van der Waals surface area contributed by atoms with Gasteiger partial charge in [-0.1, -0.05) is 83.9 Å². The molecule has 0 aliphatic carbocycles. The number of hydrogen-bond donors (Lipinski definition) is 2. The quantitative estimate of drug-likeness (QED) is 0.433. The van der Waals surface area contributed by atoms with Crippen molar-refractivity contribution in [3.8, 4) is 0 Å². The molecule has 36 heavy (non-hydrogen) atoms. The van der Waals surface area contributed by atoms with Crippen LogP contribution in [0.1, 0.15) is 51.8 Å². The number of carboxylic acids is 1. The maximum absolute atomic E-state index is 13.7. The molecule has 4 unspecified atom stereocenters. The zero-order valence-corrected chi connectivity index (χ0v) is 21.5. The van der Waals surface area contributed by atoms with E-state index in [0.29, 0.717) is 10.6 Å². The Bertz CT molecular complexity index is 1160. The van der Waals surface area contributed by atoms with E-state index >= 15 is 0 Å². The summed E-state index contributed by atoms with van der Waals surface area (Å²) in [6.45, 7) is 4.62. The predicted octanol–water partition coefficient (Wildman–Crippen LogP) is 5.74. The molecule has 2 aliphatic rings. The van der Waals surface area contributed by atoms with E-state index in [-0.39, 0.29) is 5.78 Å². The number of nitrogens with one attached hydrogen (secondary N) is 1. The predicted molar refractivity (Wildman–Crippen MR) is 144 cm³/mol. The van der Waals surface area contributed by atoms with Gasteiger partial charge in [0.25, 0.3) is 0 Å². The zero-order valence-electron chi connectivity index (χ0n) is 20.7. The fourth-order valence-corrected chi connectivity index (χ4v) is 5.31. The van der Waals surface area contributed by atoms with Gasteiger partial charge in [-0.15, -0.1) is 0 Å². The van der Waals surface area contributed by atoms with E-state index in [1.165, 1.54) is 25.9 Å². The minimum atomic E-state index is -0.970. The largest absolute Gasteiger partial charge is 0.480 e. The van der Waals surface area contributed by atoms with Gasteiger partial charge in [0, 0.05) is 22.5 Å². The summed E-state index contributed by atoms with van der Waals surface area (Å²) in [4.78, 5) is 28.2. The van der Waals surface area contributed by atoms with Crippen LogP contribution in [0.2, 0.25) is 5.02 Å². The van der Waals surface area contributed by atoms with Gasteiger partial charge in [-0.05, 0) is 63.2 Å². The Labute approximate surface area is 218 Å². The Balaban J connectivity index is 0.000000445. The highest BCUT2D eigenvalue weighted by atomic mass is 35.5. The Morgan fingerprint density at radius 1 is 0.889 bits per heavy atom. The number of hydrogen-bond acceptors (Lipinski definition) is 4. The number of halogens is 1. The minimum absolute atomic E-state index is 0.0719. The van der Waals surface area contributed by atoms with Crippen LogP contribution in [0.4, 0.5) is 0 Å². The average molecular weight is 505 g/mol. The molecule has 2 aliphatic heterocycles. The Morgan fingerprint density at radius 2 is 1.47 bits per heavy atom. The summed E-state index contributed by atoms with van der Waals surface area (Å²) in [7, 11) is 2.17. The van der Waals surface area contributed by atoms with E-state index in [9.17, 15) is 14.7 Å². The summed E-state index contributed by atoms with van der Waals surface area (Å²) < 4.78 is 0. The van der Waals surface area contributed by atoms with Crippen LogP contribution < -0.4 is 5.32 Å². The normalized spacial score (nSPS) is 23.6. The molecule has 2 saturated heterocycles. The molecule has 2 N–H and O–H groups in total. The number of Topliss-reactive ketones (excluding diaryl/α,β-unsaturated/α-hetero) is 1. The number of nitrogens with zero attached hydrogens (tertiary/aromatic N) is 1. The molecule has 0 amide bonds. The van der Waals surface area contributed by atoms with Crippen LogP contribution in [0.5, 0.6) is 0 Å². The van der Waals surface area contributed by atoms with E-state index in [2.05, 4.69) is 17.3 Å². The van der Waals surface area contributed by atoms with Crippen LogP contribution in [0.15, 0.2) is 78.9 Å². The second-order valence-corrected chi connectivity index (χ2v) is 10.2. The molecule has 5 nitrogen and oxygen atoms in total. The molecule has 6 heteroatoms. The summed E-state index contributed by atoms with van der Waals surface area (Å²) in [5, 5.41) is 13.8. The van der Waals surface area contributed by atoms with Gasteiger partial charge < -0.3 is 10.0 Å². The van der Waals surface area contributed by atoms with Crippen molar-refractivity contribution in [1.82, 2.24) is 10.2 Å². The standard InChI is InChI=1S/C25H22ClNO3.C5H11N/c1-15-7-9-16(10-8-15)20-21(24(28)18-5-3-2-4-6-18)22(27-23(20)25(29)30)17-11-13-19(26)14-12-17;1-6-4-2-3-5-6/h2-14,20-23,27H,1H3,(H,29,30);2-5H2,1H3. The topological polar surface area (TPSA) is 69.6 Å². The third-order valence-corrected chi connectivity index (χ3v) is 7.36. The third-order valence-electron chi connectivity index (χ3n) is 7.11. The van der Waals surface area contributed by atoms with E-state index in [0.717, 1.165) is 16.7 Å². The van der Waals surface area contributed by atoms with Crippen molar-refractivity contribution in [3.05, 3.63) is 106 Å². The van der Waals surface area contributed by atoms with Gasteiger partial charge in [-0.3, -0.25) is 14.9 Å². The molecule has 188 valence electrons. The highest BCUT2D eigenvalue weighted by molar-refractivity contribution is 6.30. The van der Waals surface area contributed by atoms with Crippen LogP contribution >= 0.6 is 11.6 Å². The lowest BCUT2D eigenvalue weighted by molar-refractivity contribution is -0.139. The summed E-state index contributed by atoms with van der Waals surface area (Å²) in [6, 6.07) is 22.7. The number of aryl methyl sites for hydroxylation is 1. The molecule has 2 heterocycles. The molecule has 0 aromatic heterocycles. The van der Waals surface area contributed by atoms with Gasteiger partial charge in [0.05, 0.1) is 5.92 Å². The number of likely N-dealkylation sites (tertiary alicyclic amines) is 1. The van der Waals surface area contributed by atoms with Gasteiger partial charge in [-0.25, -0.2) is 0 Å². The molecule has 0 saturated carbocycles. The van der Waals surface area contributed by atoms with Crippen LogP contribution in [0.25, 0.3) is 0 Å². The molecule has 0 bridgehead atoms. The van der Waals surface area contributed by atoms with Crippen molar-refractivity contribution < 1.29 is 14.7 Å². The number of ketones is 1. The molecular weight excluding hydrogens is 472 g/mol. The Morgan fingerprint density at radius 3 is 2.00 bits per heavy atom. The van der Waals surface area contributed by atoms with E-state index < -0.39 is 29.9 Å².